The molecule has 0 radical (unpaired) electrons. The lowest BCUT2D eigenvalue weighted by Gasteiger charge is -2.37. The molecule has 3 heterocycles. The second-order valence-electron chi connectivity index (χ2n) is 9.31. The van der Waals surface area contributed by atoms with Gasteiger partial charge in [-0.1, -0.05) is 6.07 Å². The molecule has 0 spiro atoms. The average Bonchev–Trinajstić information content (AvgIpc) is 3.60. The van der Waals surface area contributed by atoms with E-state index in [4.69, 9.17) is 24.5 Å². The topological polar surface area (TPSA) is 120 Å². The monoisotopic (exact) mass is 557 g/mol. The van der Waals surface area contributed by atoms with E-state index < -0.39 is 24.3 Å². The van der Waals surface area contributed by atoms with Crippen molar-refractivity contribution < 1.29 is 55.7 Å². The molecule has 9 nitrogen and oxygen atoms in total. The molecule has 1 aliphatic carbocycles. The quantitative estimate of drug-likeness (QED) is 0.531. The zero-order valence-corrected chi connectivity index (χ0v) is 20.4. The van der Waals surface area contributed by atoms with Crippen molar-refractivity contribution in [2.45, 2.75) is 44.3 Å². The lowest BCUT2D eigenvalue weighted by Crippen LogP contribution is -2.47. The number of alkyl halides is 6. The van der Waals surface area contributed by atoms with Crippen LogP contribution in [0.3, 0.4) is 0 Å². The van der Waals surface area contributed by atoms with Crippen molar-refractivity contribution in [1.82, 2.24) is 14.8 Å². The highest BCUT2D eigenvalue weighted by Gasteiger charge is 2.44. The number of piperidine rings is 1. The molecule has 2 N–H and O–H groups in total. The van der Waals surface area contributed by atoms with Crippen LogP contribution in [0.4, 0.5) is 26.3 Å². The van der Waals surface area contributed by atoms with Crippen molar-refractivity contribution in [2.24, 2.45) is 17.8 Å². The molecule has 2 aliphatic heterocycles. The number of carboxylic acid groups (broad SMARTS) is 2. The summed E-state index contributed by atoms with van der Waals surface area (Å²) in [6.45, 7) is 4.49. The molecule has 0 bridgehead atoms. The lowest BCUT2D eigenvalue weighted by molar-refractivity contribution is -0.193. The fourth-order valence-corrected chi connectivity index (χ4v) is 4.18. The predicted molar refractivity (Wildman–Crippen MR) is 119 cm³/mol. The van der Waals surface area contributed by atoms with Gasteiger partial charge in [0.25, 0.3) is 0 Å². The molecule has 3 atom stereocenters. The fraction of sp³-hybridized carbons (Fsp3) is 0.652. The molecular weight excluding hydrogens is 528 g/mol. The first-order valence-electron chi connectivity index (χ1n) is 11.7. The van der Waals surface area contributed by atoms with E-state index in [0.29, 0.717) is 23.7 Å². The average molecular weight is 557 g/mol. The number of halogens is 6. The number of hydrogen-bond donors (Lipinski definition) is 2. The van der Waals surface area contributed by atoms with Gasteiger partial charge in [0.1, 0.15) is 0 Å². The van der Waals surface area contributed by atoms with Crippen LogP contribution in [-0.2, 0) is 25.7 Å². The van der Waals surface area contributed by atoms with Gasteiger partial charge in [-0.15, -0.1) is 0 Å². The van der Waals surface area contributed by atoms with Gasteiger partial charge in [0.2, 0.25) is 5.91 Å². The number of likely N-dealkylation sites (N-methyl/N-ethyl adjacent to an activating group) is 1. The van der Waals surface area contributed by atoms with E-state index in [0.717, 1.165) is 52.0 Å². The lowest BCUT2D eigenvalue weighted by atomic mass is 9.84. The summed E-state index contributed by atoms with van der Waals surface area (Å²) < 4.78 is 69.6. The molecule has 1 amide bonds. The van der Waals surface area contributed by atoms with Crippen molar-refractivity contribution in [1.29, 1.82) is 0 Å². The standard InChI is InChI=1S/C19H27N3O2.2C2HF3O2/c1-21(10-14-3-2-7-20-9-14)12-18-17-11-22(19(23)15-4-5-15)8-6-16(17)13-24-18;2*3-2(4,5)1(6)7/h2-3,7,9,15-18H,4-6,8,10-13H2,1H3;2*(H,6,7)/t16-,17-,18+;;/m0../s1. The van der Waals surface area contributed by atoms with Crippen LogP contribution >= 0.6 is 0 Å². The maximum absolute atomic E-state index is 12.4. The number of rotatable bonds is 5. The highest BCUT2D eigenvalue weighted by molar-refractivity contribution is 5.81. The number of aromatic nitrogens is 1. The highest BCUT2D eigenvalue weighted by Crippen LogP contribution is 2.38. The third-order valence-electron chi connectivity index (χ3n) is 6.20. The summed E-state index contributed by atoms with van der Waals surface area (Å²) in [5.74, 6) is -3.67. The third kappa shape index (κ3) is 10.1. The number of carboxylic acids is 2. The second-order valence-corrected chi connectivity index (χ2v) is 9.31. The molecule has 15 heteroatoms. The minimum Gasteiger partial charge on any atom is -0.475 e. The van der Waals surface area contributed by atoms with Crippen LogP contribution in [0.15, 0.2) is 24.5 Å². The number of pyridine rings is 1. The molecule has 38 heavy (non-hydrogen) atoms. The number of ether oxygens (including phenoxy) is 1. The van der Waals surface area contributed by atoms with Crippen LogP contribution in [-0.4, -0.2) is 94.6 Å². The van der Waals surface area contributed by atoms with Crippen LogP contribution in [0.1, 0.15) is 24.8 Å². The molecular formula is C23H29F6N3O6. The zero-order valence-electron chi connectivity index (χ0n) is 20.4. The Bertz CT molecular complexity index is 918. The first-order chi connectivity index (χ1) is 17.6. The minimum atomic E-state index is -5.08. The van der Waals surface area contributed by atoms with E-state index >= 15 is 0 Å². The number of fused-ring (bicyclic) bond motifs is 1. The molecule has 4 rings (SSSR count). The van der Waals surface area contributed by atoms with Gasteiger partial charge in [-0.3, -0.25) is 14.7 Å². The van der Waals surface area contributed by atoms with Crippen LogP contribution in [0.25, 0.3) is 0 Å². The molecule has 1 aromatic rings. The minimum absolute atomic E-state index is 0.242. The van der Waals surface area contributed by atoms with Gasteiger partial charge in [0.15, 0.2) is 0 Å². The van der Waals surface area contributed by atoms with Crippen molar-refractivity contribution in [3.05, 3.63) is 30.1 Å². The van der Waals surface area contributed by atoms with E-state index in [2.05, 4.69) is 27.9 Å². The van der Waals surface area contributed by atoms with Gasteiger partial charge in [-0.05, 0) is 43.9 Å². The number of amides is 1. The van der Waals surface area contributed by atoms with Crippen LogP contribution < -0.4 is 0 Å². The predicted octanol–water partition coefficient (Wildman–Crippen LogP) is 3.05. The Kier molecular flexibility index (Phi) is 10.9. The van der Waals surface area contributed by atoms with Gasteiger partial charge in [-0.2, -0.15) is 26.3 Å². The van der Waals surface area contributed by atoms with E-state index in [-0.39, 0.29) is 6.10 Å². The Balaban J connectivity index is 0.000000301. The molecule has 3 aliphatic rings. The van der Waals surface area contributed by atoms with Crippen molar-refractivity contribution >= 4 is 17.8 Å². The number of nitrogens with zero attached hydrogens (tertiary/aromatic N) is 3. The largest absolute Gasteiger partial charge is 0.490 e. The zero-order chi connectivity index (χ0) is 28.7. The number of carbonyl (C=O) groups is 3. The Morgan fingerprint density at radius 2 is 1.66 bits per heavy atom. The van der Waals surface area contributed by atoms with Gasteiger partial charge < -0.3 is 19.8 Å². The SMILES string of the molecule is CN(Cc1cccnc1)C[C@H]1OC[C@@H]2CCN(C(=O)C3CC3)C[C@@H]21.O=C(O)C(F)(F)F.O=C(O)C(F)(F)F. The van der Waals surface area contributed by atoms with Crippen molar-refractivity contribution in [3.63, 3.8) is 0 Å². The number of hydrogen-bond acceptors (Lipinski definition) is 6. The Morgan fingerprint density at radius 3 is 2.13 bits per heavy atom. The van der Waals surface area contributed by atoms with E-state index in [1.54, 1.807) is 0 Å². The first kappa shape index (κ1) is 31.3. The summed E-state index contributed by atoms with van der Waals surface area (Å²) in [5, 5.41) is 14.2. The van der Waals surface area contributed by atoms with Crippen LogP contribution in [0.5, 0.6) is 0 Å². The maximum Gasteiger partial charge on any atom is 0.490 e. The summed E-state index contributed by atoms with van der Waals surface area (Å²) >= 11 is 0. The van der Waals surface area contributed by atoms with Gasteiger partial charge in [-0.25, -0.2) is 9.59 Å². The van der Waals surface area contributed by atoms with Crippen molar-refractivity contribution in [2.75, 3.05) is 33.3 Å². The molecule has 0 unspecified atom stereocenters. The molecule has 214 valence electrons. The van der Waals surface area contributed by atoms with Gasteiger partial charge in [0.05, 0.1) is 12.7 Å². The summed E-state index contributed by atoms with van der Waals surface area (Å²) in [7, 11) is 2.14. The molecule has 2 saturated heterocycles. The van der Waals surface area contributed by atoms with Crippen LogP contribution in [0, 0.1) is 17.8 Å². The van der Waals surface area contributed by atoms with Gasteiger partial charge >= 0.3 is 24.3 Å². The van der Waals surface area contributed by atoms with E-state index in [1.165, 1.54) is 5.56 Å². The molecule has 1 aromatic heterocycles. The Morgan fingerprint density at radius 1 is 1.08 bits per heavy atom. The molecule has 0 aromatic carbocycles. The number of likely N-dealkylation sites (tertiary alicyclic amines) is 1. The molecule has 3 fully saturated rings. The molecule has 1 saturated carbocycles. The van der Waals surface area contributed by atoms with Crippen LogP contribution in [0.2, 0.25) is 0 Å². The summed E-state index contributed by atoms with van der Waals surface area (Å²) in [5.41, 5.74) is 1.23. The number of aliphatic carboxylic acids is 2. The summed E-state index contributed by atoms with van der Waals surface area (Å²) in [6.07, 6.45) is -2.90. The van der Waals surface area contributed by atoms with Crippen molar-refractivity contribution in [3.8, 4) is 0 Å². The smallest absolute Gasteiger partial charge is 0.475 e. The second kappa shape index (κ2) is 13.2. The Hall–Kier alpha value is -2.94. The van der Waals surface area contributed by atoms with E-state index in [1.807, 2.05) is 18.5 Å². The fourth-order valence-electron chi connectivity index (χ4n) is 4.18. The third-order valence-corrected chi connectivity index (χ3v) is 6.20. The Labute approximate surface area is 214 Å². The number of carbonyl (C=O) groups excluding carboxylic acids is 1. The normalized spacial score (nSPS) is 22.9. The van der Waals surface area contributed by atoms with E-state index in [9.17, 15) is 31.1 Å². The first-order valence-corrected chi connectivity index (χ1v) is 11.7. The maximum atomic E-state index is 12.4. The van der Waals surface area contributed by atoms with Gasteiger partial charge in [0, 0.05) is 50.4 Å². The highest BCUT2D eigenvalue weighted by atomic mass is 19.4. The summed E-state index contributed by atoms with van der Waals surface area (Å²) in [6, 6.07) is 4.09. The summed E-state index contributed by atoms with van der Waals surface area (Å²) in [4.78, 5) is 38.8.